The number of nitrogens with two attached hydrogens (primary N) is 1. The van der Waals surface area contributed by atoms with E-state index in [0.717, 1.165) is 43.0 Å². The standard InChI is InChI=1S/C14H25N5O/c1-5-14(3)6-8-19(9-7-14)13-11(12(15)17-20)10(2)16-18(13)4/h20H,5-9H2,1-4H3,(H2,15,17). The Balaban J connectivity index is 2.31. The first-order chi connectivity index (χ1) is 9.41. The molecule has 112 valence electrons. The lowest BCUT2D eigenvalue weighted by molar-refractivity contribution is 0.237. The third-order valence-electron chi connectivity index (χ3n) is 4.68. The smallest absolute Gasteiger partial charge is 0.175 e. The van der Waals surface area contributed by atoms with Crippen LogP contribution in [0.1, 0.15) is 44.4 Å². The molecule has 6 heteroatoms. The Morgan fingerprint density at radius 2 is 2.05 bits per heavy atom. The third kappa shape index (κ3) is 2.46. The molecule has 0 saturated carbocycles. The summed E-state index contributed by atoms with van der Waals surface area (Å²) in [6.07, 6.45) is 3.52. The van der Waals surface area contributed by atoms with Crippen molar-refractivity contribution in [3.63, 3.8) is 0 Å². The summed E-state index contributed by atoms with van der Waals surface area (Å²) in [7, 11) is 1.91. The first-order valence-corrected chi connectivity index (χ1v) is 7.18. The van der Waals surface area contributed by atoms with Crippen molar-refractivity contribution in [2.24, 2.45) is 23.4 Å². The highest BCUT2D eigenvalue weighted by atomic mass is 16.4. The first-order valence-electron chi connectivity index (χ1n) is 7.18. The van der Waals surface area contributed by atoms with Crippen molar-refractivity contribution in [1.82, 2.24) is 9.78 Å². The van der Waals surface area contributed by atoms with Crippen molar-refractivity contribution >= 4 is 11.7 Å². The molecule has 0 atom stereocenters. The first kappa shape index (κ1) is 14.7. The van der Waals surface area contributed by atoms with Crippen LogP contribution in [-0.2, 0) is 7.05 Å². The summed E-state index contributed by atoms with van der Waals surface area (Å²) in [6, 6.07) is 0. The van der Waals surface area contributed by atoms with Crippen LogP contribution in [0, 0.1) is 12.3 Å². The van der Waals surface area contributed by atoms with Crippen molar-refractivity contribution in [3.8, 4) is 0 Å². The minimum absolute atomic E-state index is 0.134. The number of amidine groups is 1. The summed E-state index contributed by atoms with van der Waals surface area (Å²) < 4.78 is 1.83. The van der Waals surface area contributed by atoms with E-state index < -0.39 is 0 Å². The van der Waals surface area contributed by atoms with Gasteiger partial charge in [0.05, 0.1) is 11.3 Å². The van der Waals surface area contributed by atoms with Crippen molar-refractivity contribution in [2.75, 3.05) is 18.0 Å². The fourth-order valence-electron chi connectivity index (χ4n) is 2.97. The molecule has 0 aliphatic carbocycles. The van der Waals surface area contributed by atoms with Crippen LogP contribution >= 0.6 is 0 Å². The summed E-state index contributed by atoms with van der Waals surface area (Å²) in [5.74, 6) is 1.09. The van der Waals surface area contributed by atoms with E-state index in [1.54, 1.807) is 0 Å². The molecule has 0 radical (unpaired) electrons. The van der Waals surface area contributed by atoms with Gasteiger partial charge in [0.25, 0.3) is 0 Å². The topological polar surface area (TPSA) is 79.7 Å². The highest BCUT2D eigenvalue weighted by molar-refractivity contribution is 6.02. The van der Waals surface area contributed by atoms with Crippen molar-refractivity contribution < 1.29 is 5.21 Å². The van der Waals surface area contributed by atoms with Gasteiger partial charge in [-0.2, -0.15) is 5.10 Å². The van der Waals surface area contributed by atoms with Crippen molar-refractivity contribution in [2.45, 2.75) is 40.0 Å². The van der Waals surface area contributed by atoms with Gasteiger partial charge in [-0.1, -0.05) is 25.4 Å². The number of hydrogen-bond acceptors (Lipinski definition) is 4. The number of oxime groups is 1. The van der Waals surface area contributed by atoms with Gasteiger partial charge in [-0.3, -0.25) is 4.68 Å². The Kier molecular flexibility index (Phi) is 3.92. The summed E-state index contributed by atoms with van der Waals surface area (Å²) in [4.78, 5) is 2.30. The molecule has 3 N–H and O–H groups in total. The molecular weight excluding hydrogens is 254 g/mol. The van der Waals surface area contributed by atoms with Gasteiger partial charge in [0, 0.05) is 20.1 Å². The normalized spacial score (nSPS) is 19.4. The van der Waals surface area contributed by atoms with Crippen LogP contribution in [0.3, 0.4) is 0 Å². The molecule has 1 aliphatic rings. The molecule has 0 aromatic carbocycles. The molecule has 0 bridgehead atoms. The van der Waals surface area contributed by atoms with E-state index in [9.17, 15) is 0 Å². The van der Waals surface area contributed by atoms with E-state index in [-0.39, 0.29) is 5.84 Å². The lowest BCUT2D eigenvalue weighted by Crippen LogP contribution is -2.40. The zero-order valence-electron chi connectivity index (χ0n) is 12.8. The quantitative estimate of drug-likeness (QED) is 0.383. The summed E-state index contributed by atoms with van der Waals surface area (Å²) in [5.41, 5.74) is 7.79. The zero-order chi connectivity index (χ0) is 14.9. The van der Waals surface area contributed by atoms with Gasteiger partial charge in [0.2, 0.25) is 0 Å². The number of anilines is 1. The molecule has 0 spiro atoms. The molecular formula is C14H25N5O. The molecule has 2 rings (SSSR count). The molecule has 0 amide bonds. The predicted octanol–water partition coefficient (Wildman–Crippen LogP) is 1.84. The second-order valence-electron chi connectivity index (χ2n) is 6.04. The molecule has 1 aromatic rings. The summed E-state index contributed by atoms with van der Waals surface area (Å²) in [5, 5.41) is 16.5. The zero-order valence-corrected chi connectivity index (χ0v) is 12.8. The van der Waals surface area contributed by atoms with Gasteiger partial charge in [0.1, 0.15) is 5.82 Å². The van der Waals surface area contributed by atoms with Crippen LogP contribution < -0.4 is 10.6 Å². The highest BCUT2D eigenvalue weighted by Gasteiger charge is 2.31. The maximum absolute atomic E-state index is 8.97. The summed E-state index contributed by atoms with van der Waals surface area (Å²) in [6.45, 7) is 8.45. The maximum Gasteiger partial charge on any atom is 0.175 e. The number of nitrogens with zero attached hydrogens (tertiary/aromatic N) is 4. The second kappa shape index (κ2) is 5.34. The minimum Gasteiger partial charge on any atom is -0.409 e. The monoisotopic (exact) mass is 279 g/mol. The molecule has 0 unspecified atom stereocenters. The van der Waals surface area contributed by atoms with Gasteiger partial charge in [-0.15, -0.1) is 0 Å². The average molecular weight is 279 g/mol. The van der Waals surface area contributed by atoms with E-state index >= 15 is 0 Å². The van der Waals surface area contributed by atoms with Crippen LogP contribution in [0.4, 0.5) is 5.82 Å². The molecule has 1 aromatic heterocycles. The van der Waals surface area contributed by atoms with Crippen LogP contribution in [0.5, 0.6) is 0 Å². The van der Waals surface area contributed by atoms with E-state index in [1.807, 2.05) is 18.7 Å². The Hall–Kier alpha value is -1.72. The molecule has 6 nitrogen and oxygen atoms in total. The van der Waals surface area contributed by atoms with E-state index in [2.05, 4.69) is 29.0 Å². The van der Waals surface area contributed by atoms with Gasteiger partial charge in [-0.25, -0.2) is 0 Å². The molecule has 2 heterocycles. The van der Waals surface area contributed by atoms with Gasteiger partial charge >= 0.3 is 0 Å². The van der Waals surface area contributed by atoms with Crippen LogP contribution in [-0.4, -0.2) is 33.9 Å². The summed E-state index contributed by atoms with van der Waals surface area (Å²) >= 11 is 0. The highest BCUT2D eigenvalue weighted by Crippen LogP contribution is 2.36. The Labute approximate surface area is 120 Å². The van der Waals surface area contributed by atoms with Crippen LogP contribution in [0.15, 0.2) is 5.16 Å². The van der Waals surface area contributed by atoms with E-state index in [0.29, 0.717) is 5.41 Å². The van der Waals surface area contributed by atoms with Crippen molar-refractivity contribution in [1.29, 1.82) is 0 Å². The SMILES string of the molecule is CCC1(C)CCN(c2c(C(N)=NO)c(C)nn2C)CC1. The number of aromatic nitrogens is 2. The van der Waals surface area contributed by atoms with E-state index in [1.165, 1.54) is 6.42 Å². The Morgan fingerprint density at radius 1 is 1.45 bits per heavy atom. The Morgan fingerprint density at radius 3 is 2.55 bits per heavy atom. The fourth-order valence-corrected chi connectivity index (χ4v) is 2.97. The lowest BCUT2D eigenvalue weighted by Gasteiger charge is -2.40. The molecule has 1 aliphatic heterocycles. The predicted molar refractivity (Wildman–Crippen MR) is 80.3 cm³/mol. The number of hydrogen-bond donors (Lipinski definition) is 2. The van der Waals surface area contributed by atoms with Gasteiger partial charge in [-0.05, 0) is 25.2 Å². The lowest BCUT2D eigenvalue weighted by atomic mass is 9.78. The maximum atomic E-state index is 8.97. The van der Waals surface area contributed by atoms with Crippen molar-refractivity contribution in [3.05, 3.63) is 11.3 Å². The third-order valence-corrected chi connectivity index (χ3v) is 4.68. The second-order valence-corrected chi connectivity index (χ2v) is 6.04. The minimum atomic E-state index is 0.134. The van der Waals surface area contributed by atoms with Crippen LogP contribution in [0.2, 0.25) is 0 Å². The van der Waals surface area contributed by atoms with Gasteiger partial charge in [0.15, 0.2) is 5.84 Å². The largest absolute Gasteiger partial charge is 0.409 e. The molecule has 20 heavy (non-hydrogen) atoms. The number of rotatable bonds is 3. The van der Waals surface area contributed by atoms with Crippen LogP contribution in [0.25, 0.3) is 0 Å². The molecule has 1 saturated heterocycles. The van der Waals surface area contributed by atoms with Gasteiger partial charge < -0.3 is 15.8 Å². The fraction of sp³-hybridized carbons (Fsp3) is 0.714. The molecule has 1 fully saturated rings. The van der Waals surface area contributed by atoms with E-state index in [4.69, 9.17) is 10.9 Å². The number of aryl methyl sites for hydroxylation is 2. The Bertz CT molecular complexity index is 512. The number of piperidine rings is 1. The average Bonchev–Trinajstić information content (AvgIpc) is 2.73.